The normalized spacial score (nSPS) is 13.2. The third kappa shape index (κ3) is 5.92. The number of aromatic nitrogens is 2. The van der Waals surface area contributed by atoms with Gasteiger partial charge in [0, 0.05) is 13.5 Å². The fourth-order valence-corrected chi connectivity index (χ4v) is 1.95. The van der Waals surface area contributed by atoms with Gasteiger partial charge >= 0.3 is 5.97 Å². The lowest BCUT2D eigenvalue weighted by molar-refractivity contribution is -0.152. The number of ether oxygens (including phenoxy) is 2. The highest BCUT2D eigenvalue weighted by Crippen LogP contribution is 2.14. The molecule has 0 radical (unpaired) electrons. The van der Waals surface area contributed by atoms with Crippen LogP contribution >= 0.6 is 0 Å². The first kappa shape index (κ1) is 19.5. The Balaban J connectivity index is 2.81. The van der Waals surface area contributed by atoms with Crippen LogP contribution in [0.1, 0.15) is 38.5 Å². The number of nitrogens with one attached hydrogen (secondary N) is 3. The SMILES string of the molecule is CO[C@@H](C(=O)N[C@@H](CCC(=O)C=N)C(=O)OC(C)C)c1cnc[nH]1. The number of rotatable bonds is 10. The molecule has 0 aliphatic rings. The summed E-state index contributed by atoms with van der Waals surface area (Å²) in [6.07, 6.45) is 2.17. The van der Waals surface area contributed by atoms with Crippen LogP contribution in [0.3, 0.4) is 0 Å². The molecule has 0 aliphatic carbocycles. The molecular weight excluding hydrogens is 316 g/mol. The lowest BCUT2D eigenvalue weighted by atomic mass is 10.1. The summed E-state index contributed by atoms with van der Waals surface area (Å²) in [7, 11) is 1.35. The van der Waals surface area contributed by atoms with Gasteiger partial charge in [-0.3, -0.25) is 9.59 Å². The van der Waals surface area contributed by atoms with Crippen LogP contribution in [0.5, 0.6) is 0 Å². The Labute approximate surface area is 139 Å². The highest BCUT2D eigenvalue weighted by atomic mass is 16.5. The van der Waals surface area contributed by atoms with Gasteiger partial charge in [0.05, 0.1) is 30.5 Å². The molecule has 0 unspecified atom stereocenters. The number of carbonyl (C=O) groups excluding carboxylic acids is 3. The van der Waals surface area contributed by atoms with Gasteiger partial charge in [-0.05, 0) is 20.3 Å². The first-order valence-corrected chi connectivity index (χ1v) is 7.44. The molecule has 0 saturated heterocycles. The van der Waals surface area contributed by atoms with Gasteiger partial charge in [0.25, 0.3) is 5.91 Å². The van der Waals surface area contributed by atoms with Crippen molar-refractivity contribution in [1.82, 2.24) is 15.3 Å². The zero-order chi connectivity index (χ0) is 18.1. The minimum absolute atomic E-state index is 0.0327. The quantitative estimate of drug-likeness (QED) is 0.421. The van der Waals surface area contributed by atoms with Crippen LogP contribution in [0, 0.1) is 5.41 Å². The Hall–Kier alpha value is -2.55. The van der Waals surface area contributed by atoms with E-state index in [-0.39, 0.29) is 18.9 Å². The van der Waals surface area contributed by atoms with E-state index in [0.29, 0.717) is 11.9 Å². The summed E-state index contributed by atoms with van der Waals surface area (Å²) in [5, 5.41) is 9.43. The molecule has 24 heavy (non-hydrogen) atoms. The third-order valence-electron chi connectivity index (χ3n) is 3.07. The zero-order valence-corrected chi connectivity index (χ0v) is 13.9. The van der Waals surface area contributed by atoms with Crippen molar-refractivity contribution < 1.29 is 23.9 Å². The molecule has 0 bridgehead atoms. The molecule has 1 amide bonds. The molecule has 0 spiro atoms. The maximum Gasteiger partial charge on any atom is 0.328 e. The van der Waals surface area contributed by atoms with Gasteiger partial charge in [-0.25, -0.2) is 9.78 Å². The van der Waals surface area contributed by atoms with Crippen molar-refractivity contribution in [2.24, 2.45) is 0 Å². The molecular formula is C15H22N4O5. The number of Topliss-reactive ketones (excluding diaryl/α,β-unsaturated/α-hetero) is 1. The molecule has 9 heteroatoms. The van der Waals surface area contributed by atoms with Crippen LogP contribution < -0.4 is 5.32 Å². The number of nitrogens with zero attached hydrogens (tertiary/aromatic N) is 1. The average molecular weight is 338 g/mol. The fraction of sp³-hybridized carbons (Fsp3) is 0.533. The van der Waals surface area contributed by atoms with Crippen LogP contribution in [0.15, 0.2) is 12.5 Å². The Kier molecular flexibility index (Phi) is 7.76. The summed E-state index contributed by atoms with van der Waals surface area (Å²) in [6.45, 7) is 3.37. The number of H-pyrrole nitrogens is 1. The number of carbonyl (C=O) groups is 3. The molecule has 1 aromatic rings. The van der Waals surface area contributed by atoms with E-state index in [0.717, 1.165) is 0 Å². The zero-order valence-electron chi connectivity index (χ0n) is 13.9. The first-order valence-electron chi connectivity index (χ1n) is 7.44. The van der Waals surface area contributed by atoms with Crippen molar-refractivity contribution in [3.63, 3.8) is 0 Å². The molecule has 0 aromatic carbocycles. The van der Waals surface area contributed by atoms with Gasteiger partial charge < -0.3 is 25.2 Å². The van der Waals surface area contributed by atoms with Gasteiger partial charge in [-0.2, -0.15) is 0 Å². The second-order valence-corrected chi connectivity index (χ2v) is 5.32. The van der Waals surface area contributed by atoms with Crippen molar-refractivity contribution in [1.29, 1.82) is 5.41 Å². The number of ketones is 1. The molecule has 0 aliphatic heterocycles. The predicted molar refractivity (Wildman–Crippen MR) is 84.5 cm³/mol. The summed E-state index contributed by atoms with van der Waals surface area (Å²) < 4.78 is 10.2. The Morgan fingerprint density at radius 3 is 2.62 bits per heavy atom. The number of hydrogen-bond acceptors (Lipinski definition) is 7. The van der Waals surface area contributed by atoms with Crippen LogP contribution in [0.4, 0.5) is 0 Å². The number of imidazole rings is 1. The van der Waals surface area contributed by atoms with Gasteiger partial charge in [0.15, 0.2) is 11.9 Å². The smallest absolute Gasteiger partial charge is 0.328 e. The van der Waals surface area contributed by atoms with Crippen LogP contribution in [0.2, 0.25) is 0 Å². The van der Waals surface area contributed by atoms with Crippen LogP contribution in [0.25, 0.3) is 0 Å². The van der Waals surface area contributed by atoms with E-state index in [9.17, 15) is 14.4 Å². The van der Waals surface area contributed by atoms with Crippen molar-refractivity contribution in [2.75, 3.05) is 7.11 Å². The van der Waals surface area contributed by atoms with Gasteiger partial charge in [0.2, 0.25) is 0 Å². The molecule has 1 rings (SSSR count). The topological polar surface area (TPSA) is 134 Å². The lowest BCUT2D eigenvalue weighted by Gasteiger charge is -2.21. The predicted octanol–water partition coefficient (Wildman–Crippen LogP) is 0.532. The number of amides is 1. The molecule has 9 nitrogen and oxygen atoms in total. The largest absolute Gasteiger partial charge is 0.461 e. The van der Waals surface area contributed by atoms with Crippen molar-refractivity contribution >= 4 is 23.9 Å². The lowest BCUT2D eigenvalue weighted by Crippen LogP contribution is -2.45. The highest BCUT2D eigenvalue weighted by molar-refractivity contribution is 6.26. The van der Waals surface area contributed by atoms with Crippen LogP contribution in [-0.4, -0.2) is 53.1 Å². The van der Waals surface area contributed by atoms with E-state index in [4.69, 9.17) is 14.9 Å². The Bertz CT molecular complexity index is 570. The molecule has 1 aromatic heterocycles. The van der Waals surface area contributed by atoms with Crippen molar-refractivity contribution in [2.45, 2.75) is 44.9 Å². The molecule has 2 atom stereocenters. The molecule has 3 N–H and O–H groups in total. The van der Waals surface area contributed by atoms with E-state index in [1.54, 1.807) is 13.8 Å². The highest BCUT2D eigenvalue weighted by Gasteiger charge is 2.29. The Morgan fingerprint density at radius 1 is 1.42 bits per heavy atom. The van der Waals surface area contributed by atoms with E-state index < -0.39 is 29.8 Å². The van der Waals surface area contributed by atoms with Crippen molar-refractivity contribution in [3.05, 3.63) is 18.2 Å². The van der Waals surface area contributed by atoms with Crippen LogP contribution in [-0.2, 0) is 23.9 Å². The molecule has 132 valence electrons. The standard InChI is InChI=1S/C15H22N4O5/c1-9(2)24-15(22)11(5-4-10(20)6-16)19-14(21)13(23-3)12-7-17-8-18-12/h6-9,11,13,16H,4-5H2,1-3H3,(H,17,18)(H,19,21)/t11-,13+/m0/s1. The summed E-state index contributed by atoms with van der Waals surface area (Å²) >= 11 is 0. The maximum atomic E-state index is 12.4. The minimum atomic E-state index is -1.01. The fourth-order valence-electron chi connectivity index (χ4n) is 1.95. The number of esters is 1. The average Bonchev–Trinajstić information content (AvgIpc) is 3.05. The molecule has 1 heterocycles. The van der Waals surface area contributed by atoms with Crippen molar-refractivity contribution in [3.8, 4) is 0 Å². The summed E-state index contributed by atoms with van der Waals surface area (Å²) in [6, 6.07) is -1.01. The number of methoxy groups -OCH3 is 1. The van der Waals surface area contributed by atoms with Gasteiger partial charge in [-0.1, -0.05) is 0 Å². The van der Waals surface area contributed by atoms with Gasteiger partial charge in [0.1, 0.15) is 6.04 Å². The maximum absolute atomic E-state index is 12.4. The summed E-state index contributed by atoms with van der Waals surface area (Å²) in [5.74, 6) is -1.64. The summed E-state index contributed by atoms with van der Waals surface area (Å²) in [4.78, 5) is 42.4. The third-order valence-corrected chi connectivity index (χ3v) is 3.07. The van der Waals surface area contributed by atoms with E-state index in [1.165, 1.54) is 19.6 Å². The van der Waals surface area contributed by atoms with E-state index >= 15 is 0 Å². The van der Waals surface area contributed by atoms with E-state index in [2.05, 4.69) is 15.3 Å². The number of hydrogen-bond donors (Lipinski definition) is 3. The number of aromatic amines is 1. The monoisotopic (exact) mass is 338 g/mol. The van der Waals surface area contributed by atoms with E-state index in [1.807, 2.05) is 0 Å². The minimum Gasteiger partial charge on any atom is -0.461 e. The second-order valence-electron chi connectivity index (χ2n) is 5.32. The molecule has 0 fully saturated rings. The molecule has 0 saturated carbocycles. The Morgan fingerprint density at radius 2 is 2.12 bits per heavy atom. The van der Waals surface area contributed by atoms with Gasteiger partial charge in [-0.15, -0.1) is 0 Å². The first-order chi connectivity index (χ1) is 11.4. The second kappa shape index (κ2) is 9.56. The summed E-state index contributed by atoms with van der Waals surface area (Å²) in [5.41, 5.74) is 0.432.